The third-order valence-corrected chi connectivity index (χ3v) is 5.43. The van der Waals surface area contributed by atoms with Crippen molar-refractivity contribution in [3.63, 3.8) is 0 Å². The Balaban J connectivity index is 0.00000140. The molecule has 1 atom stereocenters. The summed E-state index contributed by atoms with van der Waals surface area (Å²) in [7, 11) is 0. The Kier molecular flexibility index (Phi) is 8.98. The second-order valence-corrected chi connectivity index (χ2v) is 7.09. The average molecular weight is 430 g/mol. The largest absolute Gasteiger partial charge is 0.472 e. The van der Waals surface area contributed by atoms with Crippen molar-refractivity contribution < 1.29 is 9.52 Å². The van der Waals surface area contributed by atoms with E-state index < -0.39 is 0 Å². The maximum atomic E-state index is 9.55. The highest BCUT2D eigenvalue weighted by molar-refractivity contribution is 5.85. The maximum absolute atomic E-state index is 9.55. The second kappa shape index (κ2) is 11.0. The molecule has 2 aromatic rings. The Bertz CT molecular complexity index is 716. The quantitative estimate of drug-likeness (QED) is 0.748. The zero-order chi connectivity index (χ0) is 17.8. The standard InChI is InChI=1S/C19H27N5O2.2ClH/c25-9-3-16-12-24(8-7-23(16)11-15-4-10-26-13-15)19-17-1-5-20-6-2-18(17)21-14-22-19;;/h4,10,13-14,16,20,25H,1-3,5-9,11-12H2;2*1H. The first-order valence-corrected chi connectivity index (χ1v) is 9.49. The van der Waals surface area contributed by atoms with E-state index in [0.717, 1.165) is 64.3 Å². The summed E-state index contributed by atoms with van der Waals surface area (Å²) in [4.78, 5) is 14.0. The lowest BCUT2D eigenvalue weighted by Gasteiger charge is -2.42. The van der Waals surface area contributed by atoms with Gasteiger partial charge in [-0.15, -0.1) is 24.8 Å². The molecule has 0 aromatic carbocycles. The van der Waals surface area contributed by atoms with Crippen molar-refractivity contribution in [1.29, 1.82) is 0 Å². The Labute approximate surface area is 178 Å². The van der Waals surface area contributed by atoms with E-state index in [4.69, 9.17) is 4.42 Å². The molecule has 9 heteroatoms. The monoisotopic (exact) mass is 429 g/mol. The van der Waals surface area contributed by atoms with Gasteiger partial charge in [-0.1, -0.05) is 0 Å². The molecule has 1 saturated heterocycles. The van der Waals surface area contributed by atoms with E-state index in [1.165, 1.54) is 16.8 Å². The molecule has 2 aliphatic heterocycles. The van der Waals surface area contributed by atoms with Gasteiger partial charge in [-0.2, -0.15) is 0 Å². The minimum atomic E-state index is 0. The summed E-state index contributed by atoms with van der Waals surface area (Å²) in [5, 5.41) is 13.0. The van der Waals surface area contributed by atoms with E-state index in [1.54, 1.807) is 18.9 Å². The van der Waals surface area contributed by atoms with Crippen LogP contribution in [-0.4, -0.2) is 65.3 Å². The minimum absolute atomic E-state index is 0. The number of nitrogens with zero attached hydrogens (tertiary/aromatic N) is 4. The van der Waals surface area contributed by atoms with E-state index in [1.807, 2.05) is 6.07 Å². The smallest absolute Gasteiger partial charge is 0.135 e. The van der Waals surface area contributed by atoms with Crippen molar-refractivity contribution in [3.8, 4) is 0 Å². The second-order valence-electron chi connectivity index (χ2n) is 7.09. The topological polar surface area (TPSA) is 77.7 Å². The summed E-state index contributed by atoms with van der Waals surface area (Å²) in [6.45, 7) is 5.80. The predicted molar refractivity (Wildman–Crippen MR) is 114 cm³/mol. The van der Waals surface area contributed by atoms with Crippen LogP contribution in [0.2, 0.25) is 0 Å². The number of hydrogen-bond donors (Lipinski definition) is 2. The van der Waals surface area contributed by atoms with Gasteiger partial charge in [0, 0.05) is 62.9 Å². The van der Waals surface area contributed by atoms with Crippen LogP contribution in [0.4, 0.5) is 5.82 Å². The lowest BCUT2D eigenvalue weighted by Crippen LogP contribution is -2.53. The lowest BCUT2D eigenvalue weighted by atomic mass is 10.1. The van der Waals surface area contributed by atoms with E-state index in [0.29, 0.717) is 6.04 Å². The molecule has 7 nitrogen and oxygen atoms in total. The van der Waals surface area contributed by atoms with Crippen molar-refractivity contribution in [3.05, 3.63) is 41.7 Å². The molecule has 4 heterocycles. The molecule has 156 valence electrons. The number of halogens is 2. The van der Waals surface area contributed by atoms with Gasteiger partial charge in [-0.25, -0.2) is 9.97 Å². The zero-order valence-corrected chi connectivity index (χ0v) is 17.6. The lowest BCUT2D eigenvalue weighted by molar-refractivity contribution is 0.135. The van der Waals surface area contributed by atoms with E-state index >= 15 is 0 Å². The number of furan rings is 1. The molecule has 1 unspecified atom stereocenters. The normalized spacial score (nSPS) is 19.9. The van der Waals surface area contributed by atoms with Gasteiger partial charge in [-0.05, 0) is 25.5 Å². The molecule has 0 saturated carbocycles. The van der Waals surface area contributed by atoms with Gasteiger partial charge in [0.1, 0.15) is 12.1 Å². The van der Waals surface area contributed by atoms with Gasteiger partial charge in [0.05, 0.1) is 18.2 Å². The van der Waals surface area contributed by atoms with Gasteiger partial charge < -0.3 is 19.7 Å². The van der Waals surface area contributed by atoms with Gasteiger partial charge >= 0.3 is 0 Å². The van der Waals surface area contributed by atoms with Crippen molar-refractivity contribution >= 4 is 30.6 Å². The van der Waals surface area contributed by atoms with Crippen LogP contribution in [-0.2, 0) is 19.4 Å². The summed E-state index contributed by atoms with van der Waals surface area (Å²) < 4.78 is 5.21. The van der Waals surface area contributed by atoms with Crippen molar-refractivity contribution in [2.24, 2.45) is 0 Å². The van der Waals surface area contributed by atoms with Crippen LogP contribution in [0.15, 0.2) is 29.3 Å². The number of hydrogen-bond acceptors (Lipinski definition) is 7. The summed E-state index contributed by atoms with van der Waals surface area (Å²) in [6, 6.07) is 2.32. The SMILES string of the molecule is Cl.Cl.OCCC1CN(c2ncnc3c2CCNCC3)CCN1Cc1ccoc1. The van der Waals surface area contributed by atoms with Crippen LogP contribution >= 0.6 is 24.8 Å². The molecule has 0 amide bonds. The Morgan fingerprint density at radius 1 is 1.18 bits per heavy atom. The third-order valence-electron chi connectivity index (χ3n) is 5.43. The minimum Gasteiger partial charge on any atom is -0.472 e. The molecule has 2 aliphatic rings. The molecule has 4 rings (SSSR count). The van der Waals surface area contributed by atoms with E-state index in [2.05, 4.69) is 25.1 Å². The number of anilines is 1. The molecule has 0 spiro atoms. The zero-order valence-electron chi connectivity index (χ0n) is 15.9. The van der Waals surface area contributed by atoms with Crippen molar-refractivity contribution in [1.82, 2.24) is 20.2 Å². The Morgan fingerprint density at radius 2 is 2.04 bits per heavy atom. The van der Waals surface area contributed by atoms with Gasteiger partial charge in [0.25, 0.3) is 0 Å². The van der Waals surface area contributed by atoms with Crippen LogP contribution in [0.5, 0.6) is 0 Å². The van der Waals surface area contributed by atoms with Crippen LogP contribution in [0.1, 0.15) is 23.2 Å². The molecule has 2 aromatic heterocycles. The highest BCUT2D eigenvalue weighted by atomic mass is 35.5. The Morgan fingerprint density at radius 3 is 2.82 bits per heavy atom. The fourth-order valence-electron chi connectivity index (χ4n) is 4.06. The maximum Gasteiger partial charge on any atom is 0.135 e. The van der Waals surface area contributed by atoms with Crippen LogP contribution < -0.4 is 10.2 Å². The predicted octanol–water partition coefficient (Wildman–Crippen LogP) is 1.67. The summed E-state index contributed by atoms with van der Waals surface area (Å²) in [6.07, 6.45) is 7.94. The number of aliphatic hydroxyl groups excluding tert-OH is 1. The molecule has 0 bridgehead atoms. The van der Waals surface area contributed by atoms with Gasteiger partial charge in [0.2, 0.25) is 0 Å². The molecule has 2 N–H and O–H groups in total. The van der Waals surface area contributed by atoms with Crippen molar-refractivity contribution in [2.75, 3.05) is 44.2 Å². The number of rotatable bonds is 5. The number of aliphatic hydroxyl groups is 1. The first kappa shape index (κ1) is 22.9. The molecule has 0 aliphatic carbocycles. The van der Waals surface area contributed by atoms with Crippen molar-refractivity contribution in [2.45, 2.75) is 31.8 Å². The fraction of sp³-hybridized carbons (Fsp3) is 0.579. The van der Waals surface area contributed by atoms with Crippen LogP contribution in [0.25, 0.3) is 0 Å². The molecular formula is C19H29Cl2N5O2. The summed E-state index contributed by atoms with van der Waals surface area (Å²) in [5.41, 5.74) is 3.66. The molecule has 1 fully saturated rings. The number of piperazine rings is 1. The fourth-order valence-corrected chi connectivity index (χ4v) is 4.06. The first-order chi connectivity index (χ1) is 12.8. The number of nitrogens with one attached hydrogen (secondary N) is 1. The van der Waals surface area contributed by atoms with E-state index in [9.17, 15) is 5.11 Å². The molecule has 28 heavy (non-hydrogen) atoms. The average Bonchev–Trinajstić information content (AvgIpc) is 3.05. The van der Waals surface area contributed by atoms with Crippen LogP contribution in [0.3, 0.4) is 0 Å². The summed E-state index contributed by atoms with van der Waals surface area (Å²) in [5.74, 6) is 1.09. The Hall–Kier alpha value is -1.38. The highest BCUT2D eigenvalue weighted by Gasteiger charge is 2.29. The number of aromatic nitrogens is 2. The third kappa shape index (κ3) is 5.15. The molecular weight excluding hydrogens is 401 g/mol. The van der Waals surface area contributed by atoms with Crippen LogP contribution in [0, 0.1) is 0 Å². The molecule has 0 radical (unpaired) electrons. The summed E-state index contributed by atoms with van der Waals surface area (Å²) >= 11 is 0. The van der Waals surface area contributed by atoms with Gasteiger partial charge in [-0.3, -0.25) is 4.90 Å². The van der Waals surface area contributed by atoms with Gasteiger partial charge in [0.15, 0.2) is 0 Å². The first-order valence-electron chi connectivity index (χ1n) is 9.49. The van der Waals surface area contributed by atoms with E-state index in [-0.39, 0.29) is 31.4 Å². The highest BCUT2D eigenvalue weighted by Crippen LogP contribution is 2.26. The number of fused-ring (bicyclic) bond motifs is 1.